The van der Waals surface area contributed by atoms with Crippen LogP contribution in [0.1, 0.15) is 34.6 Å². The molecule has 1 fully saturated rings. The predicted octanol–water partition coefficient (Wildman–Crippen LogP) is 3.70. The largest absolute Gasteiger partial charge is 0.435 e. The summed E-state index contributed by atoms with van der Waals surface area (Å²) >= 11 is 1.59. The Hall–Kier alpha value is -1.20. The zero-order valence-corrected chi connectivity index (χ0v) is 14.6. The van der Waals surface area contributed by atoms with Gasteiger partial charge in [0.25, 0.3) is 0 Å². The molecule has 0 aliphatic carbocycles. The summed E-state index contributed by atoms with van der Waals surface area (Å²) in [6.07, 6.45) is -0.678. The van der Waals surface area contributed by atoms with Crippen LogP contribution in [0.2, 0.25) is 0 Å². The van der Waals surface area contributed by atoms with E-state index in [4.69, 9.17) is 15.2 Å². The van der Waals surface area contributed by atoms with E-state index in [-0.39, 0.29) is 28.7 Å². The quantitative estimate of drug-likeness (QED) is 0.522. The van der Waals surface area contributed by atoms with Crippen molar-refractivity contribution in [1.82, 2.24) is 0 Å². The summed E-state index contributed by atoms with van der Waals surface area (Å²) in [6, 6.07) is 7.68. The maximum absolute atomic E-state index is 12.4. The molecule has 0 spiro atoms. The highest BCUT2D eigenvalue weighted by Crippen LogP contribution is 2.38. The lowest BCUT2D eigenvalue weighted by molar-refractivity contribution is -0.253. The minimum Gasteiger partial charge on any atom is -0.435 e. The molecule has 1 aliphatic heterocycles. The molecule has 0 radical (unpaired) electrons. The van der Waals surface area contributed by atoms with E-state index in [9.17, 15) is 4.79 Å². The SMILES string of the molecule is C[C@H](Sc1ccccc1N)C1C(=O)O[C@H](C(C)(C)C)O[C@@H]1C. The second kappa shape index (κ2) is 6.50. The Morgan fingerprint density at radius 3 is 2.45 bits per heavy atom. The number of cyclic esters (lactones) is 1. The van der Waals surface area contributed by atoms with E-state index in [0.717, 1.165) is 10.6 Å². The van der Waals surface area contributed by atoms with Gasteiger partial charge in [0.1, 0.15) is 0 Å². The molecular formula is C17H25NO3S. The number of para-hydroxylation sites is 1. The lowest BCUT2D eigenvalue weighted by Crippen LogP contribution is -2.50. The van der Waals surface area contributed by atoms with Gasteiger partial charge in [-0.3, -0.25) is 4.79 Å². The second-order valence-corrected chi connectivity index (χ2v) is 8.28. The fourth-order valence-corrected chi connectivity index (χ4v) is 3.74. The molecule has 1 aromatic rings. The van der Waals surface area contributed by atoms with Crippen molar-refractivity contribution in [3.8, 4) is 0 Å². The topological polar surface area (TPSA) is 61.6 Å². The number of ether oxygens (including phenoxy) is 2. The number of benzene rings is 1. The third kappa shape index (κ3) is 3.76. The van der Waals surface area contributed by atoms with E-state index in [1.807, 2.05) is 58.9 Å². The van der Waals surface area contributed by atoms with Crippen molar-refractivity contribution < 1.29 is 14.3 Å². The van der Waals surface area contributed by atoms with Crippen LogP contribution < -0.4 is 5.73 Å². The molecule has 5 heteroatoms. The molecule has 1 aromatic carbocycles. The monoisotopic (exact) mass is 323 g/mol. The van der Waals surface area contributed by atoms with Crippen molar-refractivity contribution in [1.29, 1.82) is 0 Å². The zero-order chi connectivity index (χ0) is 16.5. The molecule has 0 aromatic heterocycles. The van der Waals surface area contributed by atoms with Crippen molar-refractivity contribution in [2.75, 3.05) is 5.73 Å². The molecule has 1 saturated heterocycles. The van der Waals surface area contributed by atoms with Crippen molar-refractivity contribution in [3.63, 3.8) is 0 Å². The molecule has 2 N–H and O–H groups in total. The number of anilines is 1. The molecule has 0 bridgehead atoms. The van der Waals surface area contributed by atoms with Gasteiger partial charge >= 0.3 is 5.97 Å². The number of esters is 1. The fraction of sp³-hybridized carbons (Fsp3) is 0.588. The molecule has 1 aliphatic rings. The Balaban J connectivity index is 2.09. The van der Waals surface area contributed by atoms with Crippen molar-refractivity contribution in [2.24, 2.45) is 11.3 Å². The second-order valence-electron chi connectivity index (χ2n) is 6.86. The Morgan fingerprint density at radius 1 is 1.27 bits per heavy atom. The van der Waals surface area contributed by atoms with Gasteiger partial charge in [0.15, 0.2) is 0 Å². The summed E-state index contributed by atoms with van der Waals surface area (Å²) < 4.78 is 11.5. The number of rotatable bonds is 3. The van der Waals surface area contributed by atoms with Crippen molar-refractivity contribution >= 4 is 23.4 Å². The minimum absolute atomic E-state index is 0.0214. The Kier molecular flexibility index (Phi) is 5.07. The highest BCUT2D eigenvalue weighted by Gasteiger charge is 2.44. The van der Waals surface area contributed by atoms with Crippen LogP contribution in [0, 0.1) is 11.3 Å². The lowest BCUT2D eigenvalue weighted by Gasteiger charge is -2.41. The first-order chi connectivity index (χ1) is 10.2. The van der Waals surface area contributed by atoms with Crippen molar-refractivity contribution in [3.05, 3.63) is 24.3 Å². The number of carbonyl (C=O) groups is 1. The normalized spacial score (nSPS) is 27.3. The maximum Gasteiger partial charge on any atom is 0.315 e. The van der Waals surface area contributed by atoms with Gasteiger partial charge < -0.3 is 15.2 Å². The standard InChI is InChI=1S/C17H25NO3S/c1-10-14(15(19)21-16(20-10)17(3,4)5)11(2)22-13-9-7-6-8-12(13)18/h6-11,14,16H,18H2,1-5H3/t10-,11+,14?,16-/m1/s1. The number of nitrogens with two attached hydrogens (primary N) is 1. The summed E-state index contributed by atoms with van der Waals surface area (Å²) in [4.78, 5) is 13.4. The van der Waals surface area contributed by atoms with Gasteiger partial charge in [0.05, 0.1) is 12.0 Å². The fourth-order valence-electron chi connectivity index (χ4n) is 2.50. The summed E-state index contributed by atoms with van der Waals surface area (Å²) in [5, 5.41) is 0.0214. The van der Waals surface area contributed by atoms with Gasteiger partial charge in [-0.25, -0.2) is 0 Å². The van der Waals surface area contributed by atoms with Gasteiger partial charge in [0, 0.05) is 21.2 Å². The number of thioether (sulfide) groups is 1. The molecule has 2 rings (SSSR count). The van der Waals surface area contributed by atoms with E-state index >= 15 is 0 Å². The first kappa shape index (κ1) is 17.2. The zero-order valence-electron chi connectivity index (χ0n) is 13.8. The first-order valence-electron chi connectivity index (χ1n) is 7.57. The summed E-state index contributed by atoms with van der Waals surface area (Å²) in [7, 11) is 0. The van der Waals surface area contributed by atoms with Crippen LogP contribution >= 0.6 is 11.8 Å². The highest BCUT2D eigenvalue weighted by molar-refractivity contribution is 8.00. The van der Waals surface area contributed by atoms with Crippen LogP contribution in [-0.4, -0.2) is 23.6 Å². The van der Waals surface area contributed by atoms with E-state index < -0.39 is 6.29 Å². The van der Waals surface area contributed by atoms with Crippen LogP contribution in [-0.2, 0) is 14.3 Å². The molecular weight excluding hydrogens is 298 g/mol. The van der Waals surface area contributed by atoms with Crippen LogP contribution in [0.25, 0.3) is 0 Å². The summed E-state index contributed by atoms with van der Waals surface area (Å²) in [5.41, 5.74) is 6.48. The highest BCUT2D eigenvalue weighted by atomic mass is 32.2. The van der Waals surface area contributed by atoms with E-state index in [1.165, 1.54) is 0 Å². The lowest BCUT2D eigenvalue weighted by atomic mass is 9.92. The van der Waals surface area contributed by atoms with E-state index in [2.05, 4.69) is 0 Å². The Labute approximate surface area is 136 Å². The smallest absolute Gasteiger partial charge is 0.315 e. The van der Waals surface area contributed by atoms with Gasteiger partial charge in [-0.15, -0.1) is 11.8 Å². The van der Waals surface area contributed by atoms with Gasteiger partial charge in [-0.1, -0.05) is 39.8 Å². The Morgan fingerprint density at radius 2 is 1.91 bits per heavy atom. The maximum atomic E-state index is 12.4. The van der Waals surface area contributed by atoms with Crippen molar-refractivity contribution in [2.45, 2.75) is 57.2 Å². The van der Waals surface area contributed by atoms with Gasteiger partial charge in [-0.05, 0) is 19.1 Å². The number of nitrogen functional groups attached to an aromatic ring is 1. The molecule has 22 heavy (non-hydrogen) atoms. The number of carbonyl (C=O) groups excluding carboxylic acids is 1. The Bertz CT molecular complexity index is 541. The molecule has 4 atom stereocenters. The van der Waals surface area contributed by atoms with Gasteiger partial charge in [-0.2, -0.15) is 0 Å². The third-order valence-electron chi connectivity index (χ3n) is 3.78. The molecule has 1 heterocycles. The molecule has 4 nitrogen and oxygen atoms in total. The van der Waals surface area contributed by atoms with E-state index in [0.29, 0.717) is 0 Å². The predicted molar refractivity (Wildman–Crippen MR) is 89.5 cm³/mol. The number of hydrogen-bond acceptors (Lipinski definition) is 5. The van der Waals surface area contributed by atoms with Crippen LogP contribution in [0.15, 0.2) is 29.2 Å². The average Bonchev–Trinajstić information content (AvgIpc) is 2.39. The van der Waals surface area contributed by atoms with Crippen LogP contribution in [0.3, 0.4) is 0 Å². The van der Waals surface area contributed by atoms with Crippen LogP contribution in [0.4, 0.5) is 5.69 Å². The summed E-state index contributed by atoms with van der Waals surface area (Å²) in [5.74, 6) is -0.489. The minimum atomic E-state index is -0.495. The summed E-state index contributed by atoms with van der Waals surface area (Å²) in [6.45, 7) is 9.96. The van der Waals surface area contributed by atoms with Crippen LogP contribution in [0.5, 0.6) is 0 Å². The molecule has 0 saturated carbocycles. The average molecular weight is 323 g/mol. The first-order valence-corrected chi connectivity index (χ1v) is 8.45. The van der Waals surface area contributed by atoms with E-state index in [1.54, 1.807) is 11.8 Å². The molecule has 122 valence electrons. The third-order valence-corrected chi connectivity index (χ3v) is 5.07. The molecule has 0 amide bonds. The number of hydrogen-bond donors (Lipinski definition) is 1. The van der Waals surface area contributed by atoms with Gasteiger partial charge in [0.2, 0.25) is 6.29 Å². The molecule has 1 unspecified atom stereocenters.